The summed E-state index contributed by atoms with van der Waals surface area (Å²) in [6, 6.07) is 18.1. The van der Waals surface area contributed by atoms with Crippen molar-refractivity contribution in [2.75, 3.05) is 0 Å². The van der Waals surface area contributed by atoms with Crippen molar-refractivity contribution in [3.05, 3.63) is 59.3 Å². The van der Waals surface area contributed by atoms with Crippen molar-refractivity contribution in [1.29, 1.82) is 0 Å². The lowest BCUT2D eigenvalue weighted by atomic mass is 9.83. The van der Waals surface area contributed by atoms with Crippen LogP contribution in [0, 0.1) is 0 Å². The molecule has 0 aliphatic carbocycles. The molecule has 6 aromatic carbocycles. The Morgan fingerprint density at radius 2 is 0.903 bits per heavy atom. The molecule has 0 saturated carbocycles. The molecule has 0 saturated heterocycles. The molecule has 9 rings (SSSR count). The molecule has 0 radical (unpaired) electrons. The van der Waals surface area contributed by atoms with E-state index in [4.69, 9.17) is 8.75 Å². The first-order chi connectivity index (χ1) is 15.4. The fourth-order valence-electron chi connectivity index (χ4n) is 5.92. The molecule has 0 aliphatic rings. The minimum Gasteiger partial charge on any atom is -0.172 e. The van der Waals surface area contributed by atoms with Gasteiger partial charge < -0.3 is 0 Å². The number of benzene rings is 6. The molecule has 0 aliphatic heterocycles. The molecule has 3 heterocycles. The average Bonchev–Trinajstić information content (AvgIpc) is 3.57. The molecule has 0 atom stereocenters. The smallest absolute Gasteiger partial charge is 0.114 e. The Morgan fingerprint density at radius 1 is 0.452 bits per heavy atom. The largest absolute Gasteiger partial charge is 0.172 e. The third kappa shape index (κ3) is 1.57. The summed E-state index contributed by atoms with van der Waals surface area (Å²) in [5.41, 5.74) is 2.12. The van der Waals surface area contributed by atoms with Crippen LogP contribution in [0.3, 0.4) is 0 Å². The highest BCUT2D eigenvalue weighted by molar-refractivity contribution is 7.19. The second-order valence-corrected chi connectivity index (χ2v) is 10.6. The molecule has 0 N–H and O–H groups in total. The Bertz CT molecular complexity index is 2010. The molecule has 5 heteroatoms. The van der Waals surface area contributed by atoms with Gasteiger partial charge in [0.05, 0.1) is 11.7 Å². The van der Waals surface area contributed by atoms with E-state index < -0.39 is 0 Å². The number of thiophene rings is 2. The van der Waals surface area contributed by atoms with Gasteiger partial charge >= 0.3 is 0 Å². The minimum atomic E-state index is 1.06. The first-order valence-corrected chi connectivity index (χ1v) is 12.7. The Morgan fingerprint density at radius 3 is 1.39 bits per heavy atom. The summed E-state index contributed by atoms with van der Waals surface area (Å²) in [4.78, 5) is 0. The van der Waals surface area contributed by atoms with E-state index in [0.717, 1.165) is 11.0 Å². The Hall–Kier alpha value is -3.12. The van der Waals surface area contributed by atoms with E-state index in [1.807, 2.05) is 22.7 Å². The fourth-order valence-corrected chi connectivity index (χ4v) is 8.40. The normalized spacial score (nSPS) is 13.2. The van der Waals surface area contributed by atoms with Crippen molar-refractivity contribution >= 4 is 119 Å². The zero-order chi connectivity index (χ0) is 19.8. The maximum absolute atomic E-state index is 4.86. The van der Waals surface area contributed by atoms with Crippen molar-refractivity contribution < 1.29 is 0 Å². The van der Waals surface area contributed by atoms with Crippen LogP contribution in [-0.2, 0) is 0 Å². The second-order valence-electron chi connectivity index (χ2n) is 8.24. The lowest BCUT2D eigenvalue weighted by molar-refractivity contribution is 1.72. The SMILES string of the molecule is c1cc2c3ccsc3c3c4nsnc4c4c5sccc5c5cccc6c(c1)c2c3c4c56. The first kappa shape index (κ1) is 15.6. The van der Waals surface area contributed by atoms with Crippen molar-refractivity contribution in [3.63, 3.8) is 0 Å². The monoisotopic (exact) mass is 446 g/mol. The lowest BCUT2D eigenvalue weighted by Gasteiger charge is -2.20. The second kappa shape index (κ2) is 5.02. The van der Waals surface area contributed by atoms with Gasteiger partial charge in [-0.05, 0) is 55.2 Å². The summed E-state index contributed by atoms with van der Waals surface area (Å²) in [5.74, 6) is 0. The summed E-state index contributed by atoms with van der Waals surface area (Å²) < 4.78 is 12.4. The Balaban J connectivity index is 1.90. The van der Waals surface area contributed by atoms with Gasteiger partial charge in [-0.15, -0.1) is 22.7 Å². The molecule has 9 aromatic rings. The molecule has 0 fully saturated rings. The van der Waals surface area contributed by atoms with Gasteiger partial charge in [0.1, 0.15) is 11.0 Å². The number of rotatable bonds is 0. The Kier molecular flexibility index (Phi) is 2.53. The number of hydrogen-bond donors (Lipinski definition) is 0. The van der Waals surface area contributed by atoms with Crippen molar-refractivity contribution in [2.45, 2.75) is 0 Å². The van der Waals surface area contributed by atoms with E-state index in [-0.39, 0.29) is 0 Å². The van der Waals surface area contributed by atoms with Gasteiger partial charge in [-0.25, -0.2) is 0 Å². The fraction of sp³-hybridized carbons (Fsp3) is 0. The summed E-state index contributed by atoms with van der Waals surface area (Å²) in [7, 11) is 0. The van der Waals surface area contributed by atoms with Crippen LogP contribution >= 0.6 is 34.4 Å². The molecule has 31 heavy (non-hydrogen) atoms. The summed E-state index contributed by atoms with van der Waals surface area (Å²) in [6.07, 6.45) is 0. The lowest BCUT2D eigenvalue weighted by Crippen LogP contribution is -1.92. The maximum Gasteiger partial charge on any atom is 0.114 e. The van der Waals surface area contributed by atoms with Crippen molar-refractivity contribution in [3.8, 4) is 0 Å². The van der Waals surface area contributed by atoms with Gasteiger partial charge in [-0.2, -0.15) is 8.75 Å². The van der Waals surface area contributed by atoms with Crippen LogP contribution in [0.25, 0.3) is 85.1 Å². The minimum absolute atomic E-state index is 1.06. The maximum atomic E-state index is 4.86. The van der Waals surface area contributed by atoms with Crippen LogP contribution in [-0.4, -0.2) is 8.75 Å². The third-order valence-electron chi connectivity index (χ3n) is 7.00. The van der Waals surface area contributed by atoms with E-state index in [0.29, 0.717) is 0 Å². The summed E-state index contributed by atoms with van der Waals surface area (Å²) in [5, 5.41) is 20.5. The summed E-state index contributed by atoms with van der Waals surface area (Å²) in [6.45, 7) is 0. The van der Waals surface area contributed by atoms with Crippen LogP contribution in [0.5, 0.6) is 0 Å². The van der Waals surface area contributed by atoms with Crippen molar-refractivity contribution in [2.24, 2.45) is 0 Å². The van der Waals surface area contributed by atoms with E-state index >= 15 is 0 Å². The average molecular weight is 447 g/mol. The highest BCUT2D eigenvalue weighted by atomic mass is 32.1. The first-order valence-electron chi connectivity index (χ1n) is 10.2. The van der Waals surface area contributed by atoms with Gasteiger partial charge in [-0.3, -0.25) is 0 Å². The standard InChI is InChI=1S/C26H10N2S3/c1-3-11-12-4-2-6-14-16-8-10-30-26(16)22-20(18(12)14)19-17(11)13(5-1)15-7-9-29-25(15)21(19)23-24(22)28-31-27-23/h1-10H. The number of fused-ring (bicyclic) bond motifs is 10. The zero-order valence-electron chi connectivity index (χ0n) is 15.9. The Labute approximate surface area is 186 Å². The number of nitrogens with zero attached hydrogens (tertiary/aromatic N) is 2. The number of hydrogen-bond acceptors (Lipinski definition) is 5. The molecular weight excluding hydrogens is 437 g/mol. The highest BCUT2D eigenvalue weighted by Crippen LogP contribution is 2.53. The zero-order valence-corrected chi connectivity index (χ0v) is 18.3. The summed E-state index contributed by atoms with van der Waals surface area (Å²) >= 11 is 4.99. The third-order valence-corrected chi connectivity index (χ3v) is 9.39. The number of aromatic nitrogens is 2. The molecule has 2 nitrogen and oxygen atoms in total. The van der Waals surface area contributed by atoms with Gasteiger partial charge in [0.25, 0.3) is 0 Å². The van der Waals surface area contributed by atoms with Crippen LogP contribution in [0.15, 0.2) is 59.3 Å². The molecule has 0 amide bonds. The van der Waals surface area contributed by atoms with Gasteiger partial charge in [-0.1, -0.05) is 36.4 Å². The van der Waals surface area contributed by atoms with E-state index in [1.54, 1.807) is 0 Å². The topological polar surface area (TPSA) is 25.8 Å². The molecule has 0 unspecified atom stereocenters. The molecule has 0 bridgehead atoms. The molecular formula is C26H10N2S3. The van der Waals surface area contributed by atoms with Gasteiger partial charge in [0.15, 0.2) is 0 Å². The predicted molar refractivity (Wildman–Crippen MR) is 138 cm³/mol. The van der Waals surface area contributed by atoms with Crippen molar-refractivity contribution in [1.82, 2.24) is 8.75 Å². The molecule has 142 valence electrons. The van der Waals surface area contributed by atoms with Crippen LogP contribution in [0.1, 0.15) is 0 Å². The van der Waals surface area contributed by atoms with Crippen LogP contribution in [0.2, 0.25) is 0 Å². The van der Waals surface area contributed by atoms with Gasteiger partial charge in [0.2, 0.25) is 0 Å². The predicted octanol–water partition coefficient (Wildman–Crippen LogP) is 8.76. The van der Waals surface area contributed by atoms with Crippen LogP contribution < -0.4 is 0 Å². The van der Waals surface area contributed by atoms with Crippen LogP contribution in [0.4, 0.5) is 0 Å². The van der Waals surface area contributed by atoms with E-state index in [2.05, 4.69) is 59.3 Å². The molecule has 3 aromatic heterocycles. The quantitative estimate of drug-likeness (QED) is 0.172. The highest BCUT2D eigenvalue weighted by Gasteiger charge is 2.26. The van der Waals surface area contributed by atoms with Gasteiger partial charge in [0, 0.05) is 41.7 Å². The van der Waals surface area contributed by atoms with E-state index in [1.165, 1.54) is 85.8 Å². The van der Waals surface area contributed by atoms with E-state index in [9.17, 15) is 0 Å². The molecule has 0 spiro atoms.